The maximum atomic E-state index is 6.80. The van der Waals surface area contributed by atoms with E-state index >= 15 is 0 Å². The van der Waals surface area contributed by atoms with Crippen molar-refractivity contribution in [2.24, 2.45) is 11.5 Å². The number of aromatic nitrogens is 6. The highest BCUT2D eigenvalue weighted by Crippen LogP contribution is 2.51. The number of rotatable bonds is 10. The molecule has 9 nitrogen and oxygen atoms in total. The first-order valence-electron chi connectivity index (χ1n) is 15.6. The molecule has 9 heteroatoms. The van der Waals surface area contributed by atoms with E-state index in [1.54, 1.807) is 37.2 Å². The van der Waals surface area contributed by atoms with Gasteiger partial charge in [-0.2, -0.15) is 0 Å². The van der Waals surface area contributed by atoms with E-state index in [2.05, 4.69) is 5.32 Å². The molecule has 0 unspecified atom stereocenters. The van der Waals surface area contributed by atoms with Gasteiger partial charge in [0, 0.05) is 72.5 Å². The Morgan fingerprint density at radius 1 is 0.438 bits per heavy atom. The SMILES string of the molecule is NCc1c(-c2ccccn2)c(CN)c(-c2ccccn2)c(C(Nc2ccccn2)(c2ccccn2)c2ccccn2)c1-c1ccccn1. The summed E-state index contributed by atoms with van der Waals surface area (Å²) in [5.74, 6) is 0.616. The second-order valence-electron chi connectivity index (χ2n) is 11.0. The molecular formula is C39H33N9. The minimum absolute atomic E-state index is 0.171. The van der Waals surface area contributed by atoms with Crippen molar-refractivity contribution in [1.82, 2.24) is 29.9 Å². The van der Waals surface area contributed by atoms with Gasteiger partial charge in [0.25, 0.3) is 0 Å². The molecule has 0 amide bonds. The summed E-state index contributed by atoms with van der Waals surface area (Å²) in [7, 11) is 0. The van der Waals surface area contributed by atoms with Crippen LogP contribution in [0.5, 0.6) is 0 Å². The van der Waals surface area contributed by atoms with Crippen LogP contribution in [0.4, 0.5) is 5.82 Å². The molecule has 0 atom stereocenters. The summed E-state index contributed by atoms with van der Waals surface area (Å²) in [5.41, 5.74) is 20.8. The lowest BCUT2D eigenvalue weighted by Crippen LogP contribution is -2.42. The Morgan fingerprint density at radius 2 is 0.833 bits per heavy atom. The molecule has 0 radical (unpaired) electrons. The van der Waals surface area contributed by atoms with Gasteiger partial charge in [-0.1, -0.05) is 36.4 Å². The largest absolute Gasteiger partial charge is 0.350 e. The average molecular weight is 628 g/mol. The smallest absolute Gasteiger partial charge is 0.150 e. The van der Waals surface area contributed by atoms with Crippen LogP contribution >= 0.6 is 0 Å². The molecule has 48 heavy (non-hydrogen) atoms. The highest BCUT2D eigenvalue weighted by atomic mass is 15.1. The Morgan fingerprint density at radius 3 is 1.19 bits per heavy atom. The zero-order valence-electron chi connectivity index (χ0n) is 26.1. The predicted molar refractivity (Wildman–Crippen MR) is 188 cm³/mol. The maximum Gasteiger partial charge on any atom is 0.150 e. The van der Waals surface area contributed by atoms with Gasteiger partial charge in [-0.3, -0.25) is 24.9 Å². The van der Waals surface area contributed by atoms with E-state index in [0.29, 0.717) is 28.6 Å². The van der Waals surface area contributed by atoms with Gasteiger partial charge in [0.1, 0.15) is 5.82 Å². The van der Waals surface area contributed by atoms with Gasteiger partial charge in [-0.25, -0.2) is 4.98 Å². The number of nitrogens with one attached hydrogen (secondary N) is 1. The molecule has 7 rings (SSSR count). The summed E-state index contributed by atoms with van der Waals surface area (Å²) in [6.45, 7) is 0.342. The zero-order valence-corrected chi connectivity index (χ0v) is 26.1. The third-order valence-corrected chi connectivity index (χ3v) is 8.33. The van der Waals surface area contributed by atoms with Crippen LogP contribution in [0.3, 0.4) is 0 Å². The minimum Gasteiger partial charge on any atom is -0.350 e. The number of nitrogens with zero attached hydrogens (tertiary/aromatic N) is 6. The number of pyridine rings is 6. The number of nitrogens with two attached hydrogens (primary N) is 2. The number of hydrogen-bond acceptors (Lipinski definition) is 9. The van der Waals surface area contributed by atoms with Crippen LogP contribution in [0.25, 0.3) is 33.8 Å². The fourth-order valence-electron chi connectivity index (χ4n) is 6.42. The van der Waals surface area contributed by atoms with Gasteiger partial charge in [-0.05, 0) is 83.9 Å². The summed E-state index contributed by atoms with van der Waals surface area (Å²) in [5, 5.41) is 3.83. The van der Waals surface area contributed by atoms with Crippen molar-refractivity contribution in [2.45, 2.75) is 18.6 Å². The Labute approximate surface area is 278 Å². The van der Waals surface area contributed by atoms with Crippen molar-refractivity contribution < 1.29 is 0 Å². The summed E-state index contributed by atoms with van der Waals surface area (Å²) in [4.78, 5) is 29.5. The van der Waals surface area contributed by atoms with Crippen LogP contribution < -0.4 is 16.8 Å². The lowest BCUT2D eigenvalue weighted by Gasteiger charge is -2.40. The number of anilines is 1. The Kier molecular flexibility index (Phi) is 8.69. The van der Waals surface area contributed by atoms with Crippen LogP contribution in [-0.2, 0) is 18.6 Å². The quantitative estimate of drug-likeness (QED) is 0.157. The molecule has 6 aromatic heterocycles. The van der Waals surface area contributed by atoms with Gasteiger partial charge >= 0.3 is 0 Å². The third-order valence-electron chi connectivity index (χ3n) is 8.33. The molecule has 0 aliphatic rings. The van der Waals surface area contributed by atoms with Crippen molar-refractivity contribution in [1.29, 1.82) is 0 Å². The van der Waals surface area contributed by atoms with Gasteiger partial charge in [0.05, 0.1) is 28.5 Å². The second-order valence-corrected chi connectivity index (χ2v) is 11.0. The average Bonchev–Trinajstić information content (AvgIpc) is 3.18. The molecule has 0 aliphatic carbocycles. The van der Waals surface area contributed by atoms with Gasteiger partial charge in [0.15, 0.2) is 5.54 Å². The van der Waals surface area contributed by atoms with E-state index in [1.165, 1.54) is 0 Å². The van der Waals surface area contributed by atoms with Crippen LogP contribution in [0.15, 0.2) is 146 Å². The molecular weight excluding hydrogens is 594 g/mol. The Bertz CT molecular complexity index is 1990. The normalized spacial score (nSPS) is 11.3. The minimum atomic E-state index is -1.26. The molecule has 0 bridgehead atoms. The standard InChI is InChI=1S/C39H33N9/c40-25-27-35(29-13-1-7-19-42-29)28(26-41)37(31-15-3-9-21-44-31)38(36(27)30-14-2-8-20-43-30)39(32-16-4-10-22-45-32,33-17-5-11-23-46-33)48-34-18-6-12-24-47-34/h1-24H,25-26,40-41H2,(H,47,48). The van der Waals surface area contributed by atoms with E-state index in [0.717, 1.165) is 39.1 Å². The maximum absolute atomic E-state index is 6.80. The molecule has 0 saturated heterocycles. The van der Waals surface area contributed by atoms with E-state index in [1.807, 2.05) is 109 Å². The third kappa shape index (κ3) is 5.47. The highest BCUT2D eigenvalue weighted by molar-refractivity contribution is 5.92. The lowest BCUT2D eigenvalue weighted by molar-refractivity contribution is 0.655. The summed E-state index contributed by atoms with van der Waals surface area (Å²) in [6, 6.07) is 35.0. The van der Waals surface area contributed by atoms with Crippen molar-refractivity contribution in [2.75, 3.05) is 5.32 Å². The number of hydrogen-bond donors (Lipinski definition) is 3. The molecule has 0 saturated carbocycles. The fraction of sp³-hybridized carbons (Fsp3) is 0.0769. The van der Waals surface area contributed by atoms with E-state index < -0.39 is 5.54 Å². The zero-order chi connectivity index (χ0) is 32.8. The van der Waals surface area contributed by atoms with E-state index in [9.17, 15) is 0 Å². The van der Waals surface area contributed by atoms with Crippen molar-refractivity contribution in [3.63, 3.8) is 0 Å². The fourth-order valence-corrected chi connectivity index (χ4v) is 6.42. The second kappa shape index (κ2) is 13.7. The van der Waals surface area contributed by atoms with Crippen LogP contribution in [0, 0.1) is 0 Å². The predicted octanol–water partition coefficient (Wildman–Crippen LogP) is 6.38. The van der Waals surface area contributed by atoms with Crippen molar-refractivity contribution >= 4 is 5.82 Å². The molecule has 7 aromatic rings. The Hall–Kier alpha value is -6.16. The lowest BCUT2D eigenvalue weighted by atomic mass is 9.71. The van der Waals surface area contributed by atoms with Crippen LogP contribution in [0.1, 0.15) is 28.1 Å². The summed E-state index contributed by atoms with van der Waals surface area (Å²) < 4.78 is 0. The first-order chi connectivity index (χ1) is 23.8. The van der Waals surface area contributed by atoms with Crippen molar-refractivity contribution in [3.8, 4) is 33.8 Å². The Balaban J connectivity index is 1.79. The molecule has 0 spiro atoms. The first-order valence-corrected chi connectivity index (χ1v) is 15.6. The summed E-state index contributed by atoms with van der Waals surface area (Å²) >= 11 is 0. The highest BCUT2D eigenvalue weighted by Gasteiger charge is 2.46. The molecule has 0 fully saturated rings. The van der Waals surface area contributed by atoms with Crippen LogP contribution in [0.2, 0.25) is 0 Å². The number of benzene rings is 1. The molecule has 6 heterocycles. The van der Waals surface area contributed by atoms with E-state index in [4.69, 9.17) is 41.4 Å². The van der Waals surface area contributed by atoms with Crippen molar-refractivity contribution in [3.05, 3.63) is 174 Å². The van der Waals surface area contributed by atoms with E-state index in [-0.39, 0.29) is 13.1 Å². The molecule has 0 aliphatic heterocycles. The first kappa shape index (κ1) is 30.5. The van der Waals surface area contributed by atoms with Crippen LogP contribution in [-0.4, -0.2) is 29.9 Å². The molecule has 5 N–H and O–H groups in total. The van der Waals surface area contributed by atoms with Gasteiger partial charge < -0.3 is 16.8 Å². The monoisotopic (exact) mass is 627 g/mol. The molecule has 234 valence electrons. The summed E-state index contributed by atoms with van der Waals surface area (Å²) in [6.07, 6.45) is 10.7. The van der Waals surface area contributed by atoms with Gasteiger partial charge in [-0.15, -0.1) is 0 Å². The van der Waals surface area contributed by atoms with Gasteiger partial charge in [0.2, 0.25) is 0 Å². The topological polar surface area (TPSA) is 141 Å². The molecule has 1 aromatic carbocycles.